The molecule has 0 bridgehead atoms. The number of anilines is 1. The van der Waals surface area contributed by atoms with Gasteiger partial charge in [0.05, 0.1) is 22.2 Å². The molecule has 0 aliphatic carbocycles. The molecule has 1 saturated heterocycles. The number of nitrogens with two attached hydrogens (primary N) is 1. The fourth-order valence-electron chi connectivity index (χ4n) is 2.49. The van der Waals surface area contributed by atoms with Crippen LogP contribution in [0.25, 0.3) is 11.0 Å². The van der Waals surface area contributed by atoms with Crippen molar-refractivity contribution in [3.8, 4) is 0 Å². The van der Waals surface area contributed by atoms with Gasteiger partial charge in [0, 0.05) is 25.2 Å². The molecule has 3 rings (SSSR count). The zero-order valence-corrected chi connectivity index (χ0v) is 10.9. The van der Waals surface area contributed by atoms with E-state index >= 15 is 0 Å². The lowest BCUT2D eigenvalue weighted by Crippen LogP contribution is -2.23. The van der Waals surface area contributed by atoms with Gasteiger partial charge in [-0.2, -0.15) is 0 Å². The van der Waals surface area contributed by atoms with Crippen LogP contribution < -0.4 is 10.6 Å². The molecule has 1 aliphatic rings. The molecule has 1 fully saturated rings. The van der Waals surface area contributed by atoms with Crippen LogP contribution in [0.15, 0.2) is 24.4 Å². The van der Waals surface area contributed by atoms with E-state index in [4.69, 9.17) is 5.73 Å². The van der Waals surface area contributed by atoms with Gasteiger partial charge < -0.3 is 10.6 Å². The quantitative estimate of drug-likeness (QED) is 0.669. The third-order valence-corrected chi connectivity index (χ3v) is 3.67. The highest BCUT2D eigenvalue weighted by Gasteiger charge is 2.22. The molecule has 0 saturated carbocycles. The summed E-state index contributed by atoms with van der Waals surface area (Å²) < 4.78 is 0. The van der Waals surface area contributed by atoms with Crippen molar-refractivity contribution in [2.24, 2.45) is 11.7 Å². The van der Waals surface area contributed by atoms with Crippen LogP contribution in [0.3, 0.4) is 0 Å². The maximum atomic E-state index is 10.7. The minimum Gasteiger partial charge on any atom is -0.355 e. The number of nitro benzene ring substituents is 1. The van der Waals surface area contributed by atoms with Gasteiger partial charge in [0.15, 0.2) is 0 Å². The summed E-state index contributed by atoms with van der Waals surface area (Å²) in [5.41, 5.74) is 6.92. The van der Waals surface area contributed by atoms with E-state index in [0.29, 0.717) is 23.5 Å². The molecule has 0 radical (unpaired) electrons. The summed E-state index contributed by atoms with van der Waals surface area (Å²) in [6.07, 6.45) is 2.74. The second kappa shape index (κ2) is 5.01. The van der Waals surface area contributed by atoms with Crippen LogP contribution in [0.5, 0.6) is 0 Å². The van der Waals surface area contributed by atoms with Crippen molar-refractivity contribution in [1.82, 2.24) is 9.97 Å². The molecule has 0 amide bonds. The molecule has 20 heavy (non-hydrogen) atoms. The molecule has 1 atom stereocenters. The van der Waals surface area contributed by atoms with Crippen molar-refractivity contribution in [2.75, 3.05) is 24.5 Å². The average Bonchev–Trinajstić information content (AvgIpc) is 2.95. The summed E-state index contributed by atoms with van der Waals surface area (Å²) in [5.74, 6) is 1.31. The number of rotatable bonds is 3. The Morgan fingerprint density at radius 3 is 3.00 bits per heavy atom. The molecule has 7 heteroatoms. The van der Waals surface area contributed by atoms with E-state index in [0.717, 1.165) is 25.3 Å². The van der Waals surface area contributed by atoms with Gasteiger partial charge in [-0.3, -0.25) is 15.1 Å². The molecule has 0 spiro atoms. The number of hydrogen-bond donors (Lipinski definition) is 1. The van der Waals surface area contributed by atoms with Crippen LogP contribution in [0, 0.1) is 16.0 Å². The minimum atomic E-state index is -0.429. The number of aromatic nitrogens is 2. The molecular weight excluding hydrogens is 258 g/mol. The van der Waals surface area contributed by atoms with Crippen LogP contribution >= 0.6 is 0 Å². The van der Waals surface area contributed by atoms with Crippen molar-refractivity contribution in [3.63, 3.8) is 0 Å². The zero-order chi connectivity index (χ0) is 14.1. The van der Waals surface area contributed by atoms with E-state index in [-0.39, 0.29) is 5.69 Å². The van der Waals surface area contributed by atoms with Gasteiger partial charge >= 0.3 is 0 Å². The van der Waals surface area contributed by atoms with E-state index in [9.17, 15) is 10.1 Å². The van der Waals surface area contributed by atoms with E-state index in [1.807, 2.05) is 0 Å². The SMILES string of the molecule is NC[C@@H]1CCN(c2cnc3cc([N+](=O)[O-])ccc3n2)C1. The normalized spacial score (nSPS) is 18.6. The second-order valence-electron chi connectivity index (χ2n) is 4.99. The van der Waals surface area contributed by atoms with Gasteiger partial charge in [0.25, 0.3) is 5.69 Å². The third-order valence-electron chi connectivity index (χ3n) is 3.67. The fourth-order valence-corrected chi connectivity index (χ4v) is 2.49. The van der Waals surface area contributed by atoms with Gasteiger partial charge in [-0.15, -0.1) is 0 Å². The first kappa shape index (κ1) is 12.7. The Balaban J connectivity index is 1.91. The van der Waals surface area contributed by atoms with Crippen LogP contribution in [0.4, 0.5) is 11.5 Å². The summed E-state index contributed by atoms with van der Waals surface area (Å²) >= 11 is 0. The molecule has 1 aromatic carbocycles. The summed E-state index contributed by atoms with van der Waals surface area (Å²) in [6.45, 7) is 2.50. The Morgan fingerprint density at radius 1 is 1.45 bits per heavy atom. The molecule has 2 N–H and O–H groups in total. The number of nitro groups is 1. The fraction of sp³-hybridized carbons (Fsp3) is 0.385. The van der Waals surface area contributed by atoms with Gasteiger partial charge in [0.1, 0.15) is 5.82 Å². The Hall–Kier alpha value is -2.28. The molecule has 0 unspecified atom stereocenters. The lowest BCUT2D eigenvalue weighted by molar-refractivity contribution is -0.384. The number of nitrogens with zero attached hydrogens (tertiary/aromatic N) is 4. The summed E-state index contributed by atoms with van der Waals surface area (Å²) in [5, 5.41) is 10.7. The summed E-state index contributed by atoms with van der Waals surface area (Å²) in [7, 11) is 0. The topological polar surface area (TPSA) is 98.2 Å². The van der Waals surface area contributed by atoms with Gasteiger partial charge in [-0.05, 0) is 24.9 Å². The first-order chi connectivity index (χ1) is 9.67. The third kappa shape index (κ3) is 2.27. The maximum Gasteiger partial charge on any atom is 0.271 e. The minimum absolute atomic E-state index is 0.0314. The molecule has 1 aromatic heterocycles. The Kier molecular flexibility index (Phi) is 3.19. The van der Waals surface area contributed by atoms with E-state index in [2.05, 4.69) is 14.9 Å². The lowest BCUT2D eigenvalue weighted by atomic mass is 10.1. The van der Waals surface area contributed by atoms with Crippen molar-refractivity contribution < 1.29 is 4.92 Å². The van der Waals surface area contributed by atoms with Crippen molar-refractivity contribution in [1.29, 1.82) is 0 Å². The van der Waals surface area contributed by atoms with E-state index in [1.165, 1.54) is 12.1 Å². The highest BCUT2D eigenvalue weighted by molar-refractivity contribution is 5.78. The highest BCUT2D eigenvalue weighted by atomic mass is 16.6. The van der Waals surface area contributed by atoms with Crippen LogP contribution in [0.1, 0.15) is 6.42 Å². The highest BCUT2D eigenvalue weighted by Crippen LogP contribution is 2.24. The van der Waals surface area contributed by atoms with E-state index < -0.39 is 4.92 Å². The van der Waals surface area contributed by atoms with Crippen LogP contribution in [-0.2, 0) is 0 Å². The van der Waals surface area contributed by atoms with Gasteiger partial charge in [0.2, 0.25) is 0 Å². The summed E-state index contributed by atoms with van der Waals surface area (Å²) in [6, 6.07) is 4.53. The largest absolute Gasteiger partial charge is 0.355 e. The molecule has 2 aromatic rings. The van der Waals surface area contributed by atoms with Crippen LogP contribution in [-0.4, -0.2) is 34.5 Å². The number of fused-ring (bicyclic) bond motifs is 1. The van der Waals surface area contributed by atoms with Crippen molar-refractivity contribution >= 4 is 22.5 Å². The summed E-state index contributed by atoms with van der Waals surface area (Å²) in [4.78, 5) is 21.3. The second-order valence-corrected chi connectivity index (χ2v) is 4.99. The molecule has 7 nitrogen and oxygen atoms in total. The predicted molar refractivity (Wildman–Crippen MR) is 75.6 cm³/mol. The first-order valence-electron chi connectivity index (χ1n) is 6.53. The van der Waals surface area contributed by atoms with Crippen molar-refractivity contribution in [2.45, 2.75) is 6.42 Å². The van der Waals surface area contributed by atoms with Crippen molar-refractivity contribution in [3.05, 3.63) is 34.5 Å². The first-order valence-corrected chi connectivity index (χ1v) is 6.53. The van der Waals surface area contributed by atoms with Crippen LogP contribution in [0.2, 0.25) is 0 Å². The maximum absolute atomic E-state index is 10.7. The zero-order valence-electron chi connectivity index (χ0n) is 10.9. The standard InChI is InChI=1S/C13H15N5O2/c14-6-9-3-4-17(8-9)13-7-15-12-5-10(18(19)20)1-2-11(12)16-13/h1-2,5,7,9H,3-4,6,8,14H2/t9-/m0/s1. The smallest absolute Gasteiger partial charge is 0.271 e. The molecule has 2 heterocycles. The predicted octanol–water partition coefficient (Wildman–Crippen LogP) is 1.32. The molecular formula is C13H15N5O2. The molecule has 1 aliphatic heterocycles. The number of non-ortho nitro benzene ring substituents is 1. The molecule has 104 valence electrons. The lowest BCUT2D eigenvalue weighted by Gasteiger charge is -2.17. The Morgan fingerprint density at radius 2 is 2.30 bits per heavy atom. The number of hydrogen-bond acceptors (Lipinski definition) is 6. The van der Waals surface area contributed by atoms with Gasteiger partial charge in [-0.25, -0.2) is 4.98 Å². The monoisotopic (exact) mass is 273 g/mol. The van der Waals surface area contributed by atoms with E-state index in [1.54, 1.807) is 12.3 Å². The average molecular weight is 273 g/mol. The van der Waals surface area contributed by atoms with Gasteiger partial charge in [-0.1, -0.05) is 0 Å². The number of benzene rings is 1. The Labute approximate surface area is 115 Å². The Bertz CT molecular complexity index is 660.